The van der Waals surface area contributed by atoms with Crippen molar-refractivity contribution in [3.8, 4) is 0 Å². The molecule has 0 aromatic heterocycles. The van der Waals surface area contributed by atoms with E-state index in [1.165, 1.54) is 0 Å². The predicted octanol–water partition coefficient (Wildman–Crippen LogP) is 1.57. The van der Waals surface area contributed by atoms with Crippen LogP contribution in [0.5, 0.6) is 0 Å². The largest absolute Gasteiger partial charge is 0.481 e. The van der Waals surface area contributed by atoms with Crippen molar-refractivity contribution in [2.45, 2.75) is 51.0 Å². The lowest BCUT2D eigenvalue weighted by molar-refractivity contribution is -0.153. The number of aliphatic carboxylic acids is 1. The number of carbonyl (C=O) groups is 2. The van der Waals surface area contributed by atoms with Gasteiger partial charge in [-0.3, -0.25) is 9.59 Å². The first kappa shape index (κ1) is 15.3. The van der Waals surface area contributed by atoms with Gasteiger partial charge in [0.15, 0.2) is 0 Å². The molecule has 0 aromatic rings. The normalized spacial score (nSPS) is 23.2. The van der Waals surface area contributed by atoms with E-state index in [-0.39, 0.29) is 12.3 Å². The first-order valence-corrected chi connectivity index (χ1v) is 7.62. The molecule has 20 heavy (non-hydrogen) atoms. The van der Waals surface area contributed by atoms with Crippen molar-refractivity contribution in [2.24, 2.45) is 5.41 Å². The molecule has 2 aliphatic rings. The Hall–Kier alpha value is -1.10. The molecule has 1 aliphatic heterocycles. The number of carboxylic acids is 1. The lowest BCUT2D eigenvalue weighted by Crippen LogP contribution is -2.46. The monoisotopic (exact) mass is 282 g/mol. The van der Waals surface area contributed by atoms with Crippen molar-refractivity contribution < 1.29 is 14.7 Å². The molecule has 0 atom stereocenters. The summed E-state index contributed by atoms with van der Waals surface area (Å²) >= 11 is 0. The summed E-state index contributed by atoms with van der Waals surface area (Å²) in [5.41, 5.74) is -0.782. The van der Waals surface area contributed by atoms with E-state index in [4.69, 9.17) is 0 Å². The maximum atomic E-state index is 12.4. The van der Waals surface area contributed by atoms with Gasteiger partial charge in [0.25, 0.3) is 0 Å². The third-order valence-electron chi connectivity index (χ3n) is 5.05. The van der Waals surface area contributed by atoms with Gasteiger partial charge in [-0.05, 0) is 39.8 Å². The zero-order chi connectivity index (χ0) is 14.8. The molecule has 114 valence electrons. The van der Waals surface area contributed by atoms with Crippen LogP contribution in [0.1, 0.15) is 44.9 Å². The van der Waals surface area contributed by atoms with Crippen molar-refractivity contribution in [1.82, 2.24) is 9.80 Å². The fraction of sp³-hybridized carbons (Fsp3) is 0.867. The third-order valence-corrected chi connectivity index (χ3v) is 5.05. The fourth-order valence-corrected chi connectivity index (χ4v) is 3.55. The van der Waals surface area contributed by atoms with Gasteiger partial charge in [0.1, 0.15) is 0 Å². The Labute approximate surface area is 120 Å². The van der Waals surface area contributed by atoms with Crippen LogP contribution in [0.4, 0.5) is 0 Å². The Morgan fingerprint density at radius 2 is 1.75 bits per heavy atom. The molecule has 1 saturated carbocycles. The summed E-state index contributed by atoms with van der Waals surface area (Å²) in [6, 6.07) is 0.541. The quantitative estimate of drug-likeness (QED) is 0.850. The van der Waals surface area contributed by atoms with E-state index in [1.54, 1.807) is 0 Å². The van der Waals surface area contributed by atoms with Crippen LogP contribution in [0.25, 0.3) is 0 Å². The highest BCUT2D eigenvalue weighted by Gasteiger charge is 2.44. The maximum absolute atomic E-state index is 12.4. The van der Waals surface area contributed by atoms with Gasteiger partial charge in [0.2, 0.25) is 5.91 Å². The minimum atomic E-state index is -0.786. The molecule has 0 bridgehead atoms. The highest BCUT2D eigenvalue weighted by atomic mass is 16.4. The van der Waals surface area contributed by atoms with Crippen LogP contribution in [-0.4, -0.2) is 60.0 Å². The van der Waals surface area contributed by atoms with E-state index in [0.717, 1.165) is 38.8 Å². The molecular weight excluding hydrogens is 256 g/mol. The van der Waals surface area contributed by atoms with Gasteiger partial charge in [-0.2, -0.15) is 0 Å². The summed E-state index contributed by atoms with van der Waals surface area (Å²) in [7, 11) is 4.14. The van der Waals surface area contributed by atoms with Crippen LogP contribution in [0, 0.1) is 5.41 Å². The van der Waals surface area contributed by atoms with Crippen molar-refractivity contribution >= 4 is 11.9 Å². The number of hydrogen-bond acceptors (Lipinski definition) is 3. The summed E-state index contributed by atoms with van der Waals surface area (Å²) < 4.78 is 0. The molecule has 0 radical (unpaired) electrons. The zero-order valence-corrected chi connectivity index (χ0v) is 12.6. The average molecular weight is 282 g/mol. The van der Waals surface area contributed by atoms with Gasteiger partial charge in [-0.25, -0.2) is 0 Å². The van der Waals surface area contributed by atoms with Crippen LogP contribution >= 0.6 is 0 Å². The number of carboxylic acid groups (broad SMARTS) is 1. The summed E-state index contributed by atoms with van der Waals surface area (Å²) in [6.45, 7) is 1.52. The zero-order valence-electron chi connectivity index (χ0n) is 12.6. The lowest BCUT2D eigenvalue weighted by atomic mass is 9.82. The van der Waals surface area contributed by atoms with Crippen molar-refractivity contribution in [1.29, 1.82) is 0 Å². The van der Waals surface area contributed by atoms with Crippen LogP contribution in [0.2, 0.25) is 0 Å². The first-order chi connectivity index (χ1) is 9.44. The molecule has 1 N–H and O–H groups in total. The molecule has 0 aromatic carbocycles. The number of carbonyl (C=O) groups excluding carboxylic acids is 1. The third kappa shape index (κ3) is 3.14. The number of nitrogens with zero attached hydrogens (tertiary/aromatic N) is 2. The molecule has 2 rings (SSSR count). The molecule has 2 fully saturated rings. The minimum absolute atomic E-state index is 0.0338. The number of hydrogen-bond donors (Lipinski definition) is 1. The molecule has 0 unspecified atom stereocenters. The predicted molar refractivity (Wildman–Crippen MR) is 76.4 cm³/mol. The second kappa shape index (κ2) is 6.12. The van der Waals surface area contributed by atoms with Crippen molar-refractivity contribution in [2.75, 3.05) is 27.2 Å². The second-order valence-corrected chi connectivity index (χ2v) is 6.54. The van der Waals surface area contributed by atoms with Crippen molar-refractivity contribution in [3.63, 3.8) is 0 Å². The molecule has 1 saturated heterocycles. The highest BCUT2D eigenvalue weighted by Crippen LogP contribution is 2.41. The molecule has 5 nitrogen and oxygen atoms in total. The van der Waals surface area contributed by atoms with E-state index in [1.807, 2.05) is 4.90 Å². The fourth-order valence-electron chi connectivity index (χ4n) is 3.55. The summed E-state index contributed by atoms with van der Waals surface area (Å²) in [6.07, 6.45) is 5.33. The summed E-state index contributed by atoms with van der Waals surface area (Å²) in [5, 5.41) is 9.45. The van der Waals surface area contributed by atoms with Gasteiger partial charge in [-0.1, -0.05) is 12.8 Å². The number of likely N-dealkylation sites (tertiary alicyclic amines) is 1. The van der Waals surface area contributed by atoms with Gasteiger partial charge < -0.3 is 14.9 Å². The van der Waals surface area contributed by atoms with Gasteiger partial charge in [-0.15, -0.1) is 0 Å². The maximum Gasteiger partial charge on any atom is 0.310 e. The Bertz CT molecular complexity index is 367. The molecule has 1 heterocycles. The molecule has 0 spiro atoms. The summed E-state index contributed by atoms with van der Waals surface area (Å²) in [5.74, 6) is -0.752. The van der Waals surface area contributed by atoms with Crippen LogP contribution in [0.15, 0.2) is 0 Å². The molecule has 1 amide bonds. The number of amides is 1. The Balaban J connectivity index is 1.91. The first-order valence-electron chi connectivity index (χ1n) is 7.62. The molecular formula is C15H26N2O3. The number of rotatable bonds is 4. The van der Waals surface area contributed by atoms with E-state index in [2.05, 4.69) is 19.0 Å². The van der Waals surface area contributed by atoms with Gasteiger partial charge in [0, 0.05) is 25.6 Å². The van der Waals surface area contributed by atoms with E-state index < -0.39 is 11.4 Å². The van der Waals surface area contributed by atoms with Crippen LogP contribution in [0.3, 0.4) is 0 Å². The van der Waals surface area contributed by atoms with E-state index in [0.29, 0.717) is 18.9 Å². The Morgan fingerprint density at radius 1 is 1.20 bits per heavy atom. The van der Waals surface area contributed by atoms with Crippen molar-refractivity contribution in [3.05, 3.63) is 0 Å². The average Bonchev–Trinajstić information content (AvgIpc) is 2.88. The highest BCUT2D eigenvalue weighted by molar-refractivity contribution is 5.85. The standard InChI is InChI=1S/C15H26N2O3/c1-16(2)12-5-9-17(10-6-12)13(18)11-15(14(19)20)7-3-4-8-15/h12H,3-11H2,1-2H3,(H,19,20). The van der Waals surface area contributed by atoms with Crippen LogP contribution < -0.4 is 0 Å². The minimum Gasteiger partial charge on any atom is -0.481 e. The second-order valence-electron chi connectivity index (χ2n) is 6.54. The molecule has 1 aliphatic carbocycles. The molecule has 5 heteroatoms. The Kier molecular flexibility index (Phi) is 4.68. The van der Waals surface area contributed by atoms with Crippen LogP contribution in [-0.2, 0) is 9.59 Å². The SMILES string of the molecule is CN(C)C1CCN(C(=O)CC2(C(=O)O)CCCC2)CC1. The lowest BCUT2D eigenvalue weighted by Gasteiger charge is -2.36. The number of piperidine rings is 1. The van der Waals surface area contributed by atoms with E-state index in [9.17, 15) is 14.7 Å². The summed E-state index contributed by atoms with van der Waals surface area (Å²) in [4.78, 5) is 28.0. The Morgan fingerprint density at radius 3 is 2.20 bits per heavy atom. The van der Waals surface area contributed by atoms with Gasteiger partial charge >= 0.3 is 5.97 Å². The van der Waals surface area contributed by atoms with E-state index >= 15 is 0 Å². The van der Waals surface area contributed by atoms with Gasteiger partial charge in [0.05, 0.1) is 5.41 Å². The topological polar surface area (TPSA) is 60.9 Å². The smallest absolute Gasteiger partial charge is 0.310 e.